The summed E-state index contributed by atoms with van der Waals surface area (Å²) in [5, 5.41) is 2.44. The van der Waals surface area contributed by atoms with Gasteiger partial charge in [0.25, 0.3) is 0 Å². The molecule has 2 N–H and O–H groups in total. The number of methoxy groups -OCH3 is 1. The van der Waals surface area contributed by atoms with Crippen molar-refractivity contribution in [3.05, 3.63) is 17.7 Å². The molecule has 1 aromatic rings. The molecule has 1 saturated heterocycles. The summed E-state index contributed by atoms with van der Waals surface area (Å²) in [4.78, 5) is 27.5. The highest BCUT2D eigenvalue weighted by Crippen LogP contribution is 2.26. The molecule has 20 heavy (non-hydrogen) atoms. The van der Waals surface area contributed by atoms with Crippen LogP contribution in [0.4, 0.5) is 4.79 Å². The molecule has 0 aromatic carbocycles. The number of aromatic nitrogens is 2. The Kier molecular flexibility index (Phi) is 4.57. The van der Waals surface area contributed by atoms with E-state index in [1.165, 1.54) is 25.0 Å². The van der Waals surface area contributed by atoms with E-state index >= 15 is 0 Å². The fraction of sp³-hybridized carbons (Fsp3) is 0.583. The Morgan fingerprint density at radius 1 is 1.45 bits per heavy atom. The van der Waals surface area contributed by atoms with Crippen LogP contribution < -0.4 is 10.7 Å². The van der Waals surface area contributed by atoms with Gasteiger partial charge in [0.1, 0.15) is 5.82 Å². The molecule has 0 aliphatic carbocycles. The first-order valence-electron chi connectivity index (χ1n) is 6.39. The van der Waals surface area contributed by atoms with Crippen LogP contribution >= 0.6 is 0 Å². The third kappa shape index (κ3) is 2.90. The standard InChI is InChI=1S/C12H18N4O4/c1-13-12(18)15-16-9(11(17)19-2)7-14-10(16)8-3-5-20-6-4-8/h7-8H,3-6H2,1-2H3,(H2,13,15,18). The summed E-state index contributed by atoms with van der Waals surface area (Å²) in [6.45, 7) is 1.29. The maximum absolute atomic E-state index is 11.7. The van der Waals surface area contributed by atoms with Crippen LogP contribution in [0.3, 0.4) is 0 Å². The zero-order valence-electron chi connectivity index (χ0n) is 11.5. The van der Waals surface area contributed by atoms with Crippen molar-refractivity contribution in [3.8, 4) is 0 Å². The predicted molar refractivity (Wildman–Crippen MR) is 70.2 cm³/mol. The highest BCUT2D eigenvalue weighted by molar-refractivity contribution is 5.89. The number of urea groups is 1. The van der Waals surface area contributed by atoms with Gasteiger partial charge in [-0.2, -0.15) is 0 Å². The van der Waals surface area contributed by atoms with Crippen LogP contribution in [0.15, 0.2) is 6.20 Å². The second-order valence-corrected chi connectivity index (χ2v) is 4.41. The summed E-state index contributed by atoms with van der Waals surface area (Å²) >= 11 is 0. The molecule has 1 aromatic heterocycles. The van der Waals surface area contributed by atoms with Crippen molar-refractivity contribution in [2.75, 3.05) is 32.8 Å². The second-order valence-electron chi connectivity index (χ2n) is 4.41. The van der Waals surface area contributed by atoms with Gasteiger partial charge in [-0.1, -0.05) is 0 Å². The SMILES string of the molecule is CNC(=O)Nn1c(C(=O)OC)cnc1C1CCOCC1. The van der Waals surface area contributed by atoms with E-state index < -0.39 is 12.0 Å². The highest BCUT2D eigenvalue weighted by atomic mass is 16.5. The predicted octanol–water partition coefficient (Wildman–Crippen LogP) is 0.447. The lowest BCUT2D eigenvalue weighted by molar-refractivity contribution is 0.0589. The molecule has 110 valence electrons. The Hall–Kier alpha value is -2.09. The Labute approximate surface area is 116 Å². The number of nitrogens with one attached hydrogen (secondary N) is 2. The molecular formula is C12H18N4O4. The van der Waals surface area contributed by atoms with E-state index in [1.807, 2.05) is 0 Å². The van der Waals surface area contributed by atoms with Crippen molar-refractivity contribution in [1.82, 2.24) is 15.0 Å². The zero-order valence-corrected chi connectivity index (χ0v) is 11.5. The number of carbonyl (C=O) groups excluding carboxylic acids is 2. The Morgan fingerprint density at radius 3 is 2.75 bits per heavy atom. The number of imidazole rings is 1. The van der Waals surface area contributed by atoms with Crippen LogP contribution in [0, 0.1) is 0 Å². The van der Waals surface area contributed by atoms with Gasteiger partial charge >= 0.3 is 12.0 Å². The molecular weight excluding hydrogens is 264 g/mol. The van der Waals surface area contributed by atoms with E-state index in [0.717, 1.165) is 12.8 Å². The first-order valence-corrected chi connectivity index (χ1v) is 6.39. The number of ether oxygens (including phenoxy) is 2. The summed E-state index contributed by atoms with van der Waals surface area (Å²) < 4.78 is 11.4. The van der Waals surface area contributed by atoms with E-state index in [4.69, 9.17) is 9.47 Å². The lowest BCUT2D eigenvalue weighted by Crippen LogP contribution is -2.35. The molecule has 0 saturated carbocycles. The van der Waals surface area contributed by atoms with Crippen molar-refractivity contribution in [3.63, 3.8) is 0 Å². The lowest BCUT2D eigenvalue weighted by atomic mass is 10.00. The van der Waals surface area contributed by atoms with Gasteiger partial charge in [-0.25, -0.2) is 24.7 Å². The molecule has 1 aliphatic heterocycles. The lowest BCUT2D eigenvalue weighted by Gasteiger charge is -2.23. The third-order valence-electron chi connectivity index (χ3n) is 3.21. The quantitative estimate of drug-likeness (QED) is 0.785. The molecule has 0 spiro atoms. The van der Waals surface area contributed by atoms with Gasteiger partial charge in [0.2, 0.25) is 0 Å². The molecule has 2 heterocycles. The Bertz CT molecular complexity index is 494. The number of amides is 2. The highest BCUT2D eigenvalue weighted by Gasteiger charge is 2.26. The topological polar surface area (TPSA) is 94.5 Å². The summed E-state index contributed by atoms with van der Waals surface area (Å²) in [6.07, 6.45) is 3.01. The van der Waals surface area contributed by atoms with Gasteiger partial charge in [-0.3, -0.25) is 0 Å². The number of nitrogens with zero attached hydrogens (tertiary/aromatic N) is 2. The third-order valence-corrected chi connectivity index (χ3v) is 3.21. The van der Waals surface area contributed by atoms with Crippen molar-refractivity contribution in [2.45, 2.75) is 18.8 Å². The molecule has 2 rings (SSSR count). The Morgan fingerprint density at radius 2 is 2.15 bits per heavy atom. The van der Waals surface area contributed by atoms with Gasteiger partial charge in [0, 0.05) is 26.2 Å². The summed E-state index contributed by atoms with van der Waals surface area (Å²) in [6, 6.07) is -0.429. The molecule has 0 atom stereocenters. The minimum Gasteiger partial charge on any atom is -0.464 e. The van der Waals surface area contributed by atoms with E-state index in [1.54, 1.807) is 0 Å². The molecule has 0 bridgehead atoms. The largest absolute Gasteiger partial charge is 0.464 e. The van der Waals surface area contributed by atoms with Crippen LogP contribution in [0.1, 0.15) is 35.1 Å². The summed E-state index contributed by atoms with van der Waals surface area (Å²) in [7, 11) is 2.78. The van der Waals surface area contributed by atoms with Gasteiger partial charge in [0.15, 0.2) is 5.69 Å². The number of rotatable bonds is 3. The first-order chi connectivity index (χ1) is 9.67. The van der Waals surface area contributed by atoms with Crippen LogP contribution in [0.2, 0.25) is 0 Å². The van der Waals surface area contributed by atoms with E-state index in [9.17, 15) is 9.59 Å². The molecule has 8 nitrogen and oxygen atoms in total. The molecule has 2 amide bonds. The van der Waals surface area contributed by atoms with Gasteiger partial charge < -0.3 is 14.8 Å². The van der Waals surface area contributed by atoms with Gasteiger partial charge in [-0.15, -0.1) is 0 Å². The average molecular weight is 282 g/mol. The number of esters is 1. The van der Waals surface area contributed by atoms with Crippen molar-refractivity contribution in [2.24, 2.45) is 0 Å². The van der Waals surface area contributed by atoms with Crippen LogP contribution in [0.25, 0.3) is 0 Å². The number of hydrogen-bond acceptors (Lipinski definition) is 5. The summed E-state index contributed by atoms with van der Waals surface area (Å²) in [5.74, 6) is 0.226. The van der Waals surface area contributed by atoms with Crippen molar-refractivity contribution < 1.29 is 19.1 Å². The maximum atomic E-state index is 11.7. The fourth-order valence-corrected chi connectivity index (χ4v) is 2.13. The van der Waals surface area contributed by atoms with Gasteiger partial charge in [-0.05, 0) is 12.8 Å². The molecule has 0 unspecified atom stereocenters. The molecule has 8 heteroatoms. The fourth-order valence-electron chi connectivity index (χ4n) is 2.13. The van der Waals surface area contributed by atoms with E-state index in [2.05, 4.69) is 15.7 Å². The summed E-state index contributed by atoms with van der Waals surface area (Å²) in [5.41, 5.74) is 2.78. The maximum Gasteiger partial charge on any atom is 0.358 e. The van der Waals surface area contributed by atoms with Crippen LogP contribution in [-0.2, 0) is 9.47 Å². The van der Waals surface area contributed by atoms with E-state index in [-0.39, 0.29) is 11.6 Å². The number of hydrogen-bond donors (Lipinski definition) is 2. The first kappa shape index (κ1) is 14.3. The Balaban J connectivity index is 2.32. The van der Waals surface area contributed by atoms with Crippen LogP contribution in [-0.4, -0.2) is 49.0 Å². The monoisotopic (exact) mass is 282 g/mol. The second kappa shape index (κ2) is 6.38. The molecule has 0 radical (unpaired) electrons. The van der Waals surface area contributed by atoms with Crippen molar-refractivity contribution in [1.29, 1.82) is 0 Å². The van der Waals surface area contributed by atoms with Gasteiger partial charge in [0.05, 0.1) is 13.3 Å². The van der Waals surface area contributed by atoms with E-state index in [0.29, 0.717) is 19.0 Å². The number of carbonyl (C=O) groups is 2. The zero-order chi connectivity index (χ0) is 14.5. The minimum atomic E-state index is -0.549. The smallest absolute Gasteiger partial charge is 0.358 e. The van der Waals surface area contributed by atoms with Crippen LogP contribution in [0.5, 0.6) is 0 Å². The van der Waals surface area contributed by atoms with Crippen molar-refractivity contribution >= 4 is 12.0 Å². The normalized spacial score (nSPS) is 15.7. The average Bonchev–Trinajstić information content (AvgIpc) is 2.90. The minimum absolute atomic E-state index is 0.138. The molecule has 1 fully saturated rings. The molecule has 1 aliphatic rings.